The highest BCUT2D eigenvalue weighted by Crippen LogP contribution is 2.11. The topological polar surface area (TPSA) is 92.4 Å². The van der Waals surface area contributed by atoms with Crippen LogP contribution >= 0.6 is 0 Å². The highest BCUT2D eigenvalue weighted by atomic mass is 16.4. The van der Waals surface area contributed by atoms with E-state index in [0.29, 0.717) is 18.8 Å². The van der Waals surface area contributed by atoms with Crippen LogP contribution in [0.1, 0.15) is 46.5 Å². The number of rotatable bonds is 9. The number of unbranched alkanes of at least 4 members (excludes halogenated alkanes) is 1. The van der Waals surface area contributed by atoms with Crippen LogP contribution in [-0.4, -0.2) is 29.6 Å². The van der Waals surface area contributed by atoms with Crippen molar-refractivity contribution in [1.82, 2.24) is 5.32 Å². The number of carbonyl (C=O) groups excluding carboxylic acids is 1. The van der Waals surface area contributed by atoms with Crippen molar-refractivity contribution in [3.8, 4) is 0 Å². The fraction of sp³-hybridized carbons (Fsp3) is 0.846. The lowest BCUT2D eigenvalue weighted by Crippen LogP contribution is -2.45. The van der Waals surface area contributed by atoms with Gasteiger partial charge in [0.1, 0.15) is 6.04 Å². The molecule has 0 aliphatic carbocycles. The average molecular weight is 258 g/mol. The zero-order chi connectivity index (χ0) is 14.1. The second-order valence-electron chi connectivity index (χ2n) is 5.10. The summed E-state index contributed by atoms with van der Waals surface area (Å²) >= 11 is 0. The molecule has 0 bridgehead atoms. The van der Waals surface area contributed by atoms with Crippen molar-refractivity contribution >= 4 is 11.9 Å². The Balaban J connectivity index is 4.41. The highest BCUT2D eigenvalue weighted by molar-refractivity contribution is 5.85. The second-order valence-corrected chi connectivity index (χ2v) is 5.10. The van der Waals surface area contributed by atoms with E-state index < -0.39 is 12.0 Å². The average Bonchev–Trinajstić information content (AvgIpc) is 2.30. The standard InChI is InChI=1S/C13H26N2O3/c1-4-5-6-11(13(17)18)15-12(16)10(8-14)7-9(2)3/h9-11H,4-8,14H2,1-3H3,(H,15,16)(H,17,18)/t10?,11-/m0/s1. The third kappa shape index (κ3) is 6.59. The van der Waals surface area contributed by atoms with E-state index in [9.17, 15) is 9.59 Å². The Labute approximate surface area is 109 Å². The molecule has 0 saturated heterocycles. The molecule has 0 rings (SSSR count). The molecule has 5 nitrogen and oxygen atoms in total. The van der Waals surface area contributed by atoms with E-state index in [1.54, 1.807) is 0 Å². The molecular formula is C13H26N2O3. The molecule has 0 saturated carbocycles. The number of carboxylic acids is 1. The van der Waals surface area contributed by atoms with E-state index in [1.165, 1.54) is 0 Å². The summed E-state index contributed by atoms with van der Waals surface area (Å²) in [6.07, 6.45) is 2.85. The van der Waals surface area contributed by atoms with Crippen molar-refractivity contribution < 1.29 is 14.7 Å². The molecule has 0 spiro atoms. The summed E-state index contributed by atoms with van der Waals surface area (Å²) in [5.74, 6) is -1.15. The second kappa shape index (κ2) is 8.91. The first kappa shape index (κ1) is 16.9. The fourth-order valence-electron chi connectivity index (χ4n) is 1.83. The van der Waals surface area contributed by atoms with Gasteiger partial charge in [-0.25, -0.2) is 4.79 Å². The van der Waals surface area contributed by atoms with Crippen LogP contribution in [0.5, 0.6) is 0 Å². The first-order chi connectivity index (χ1) is 8.42. The molecule has 0 aliphatic rings. The number of amides is 1. The summed E-state index contributed by atoms with van der Waals surface area (Å²) in [6, 6.07) is -0.793. The van der Waals surface area contributed by atoms with Gasteiger partial charge in [0.05, 0.1) is 5.92 Å². The Bertz CT molecular complexity index is 267. The van der Waals surface area contributed by atoms with Gasteiger partial charge in [-0.1, -0.05) is 33.6 Å². The molecule has 106 valence electrons. The van der Waals surface area contributed by atoms with E-state index in [1.807, 2.05) is 20.8 Å². The zero-order valence-corrected chi connectivity index (χ0v) is 11.6. The number of nitrogens with one attached hydrogen (secondary N) is 1. The Morgan fingerprint density at radius 3 is 2.33 bits per heavy atom. The molecule has 0 fully saturated rings. The molecule has 0 aromatic carbocycles. The number of carboxylic acid groups (broad SMARTS) is 1. The van der Waals surface area contributed by atoms with Gasteiger partial charge in [0.25, 0.3) is 0 Å². The smallest absolute Gasteiger partial charge is 0.326 e. The number of hydrogen-bond acceptors (Lipinski definition) is 3. The monoisotopic (exact) mass is 258 g/mol. The summed E-state index contributed by atoms with van der Waals surface area (Å²) < 4.78 is 0. The number of nitrogens with two attached hydrogens (primary N) is 1. The predicted molar refractivity (Wildman–Crippen MR) is 71.1 cm³/mol. The Kier molecular flexibility index (Phi) is 8.37. The van der Waals surface area contributed by atoms with Crippen LogP contribution in [0.25, 0.3) is 0 Å². The number of hydrogen-bond donors (Lipinski definition) is 3. The lowest BCUT2D eigenvalue weighted by molar-refractivity contribution is -0.142. The predicted octanol–water partition coefficient (Wildman–Crippen LogP) is 1.37. The zero-order valence-electron chi connectivity index (χ0n) is 11.6. The molecule has 2 atom stereocenters. The molecular weight excluding hydrogens is 232 g/mol. The Morgan fingerprint density at radius 2 is 1.94 bits per heavy atom. The third-order valence-electron chi connectivity index (χ3n) is 2.87. The fourth-order valence-corrected chi connectivity index (χ4v) is 1.83. The molecule has 0 aliphatic heterocycles. The maximum absolute atomic E-state index is 11.9. The van der Waals surface area contributed by atoms with Crippen molar-refractivity contribution in [2.24, 2.45) is 17.6 Å². The molecule has 0 heterocycles. The van der Waals surface area contributed by atoms with Crippen molar-refractivity contribution in [3.05, 3.63) is 0 Å². The van der Waals surface area contributed by atoms with Crippen LogP contribution in [0.2, 0.25) is 0 Å². The van der Waals surface area contributed by atoms with Crippen LogP contribution in [-0.2, 0) is 9.59 Å². The maximum Gasteiger partial charge on any atom is 0.326 e. The molecule has 1 amide bonds. The van der Waals surface area contributed by atoms with E-state index in [-0.39, 0.29) is 18.4 Å². The summed E-state index contributed by atoms with van der Waals surface area (Å²) in [6.45, 7) is 6.27. The van der Waals surface area contributed by atoms with Gasteiger partial charge in [-0.2, -0.15) is 0 Å². The number of aliphatic carboxylic acids is 1. The molecule has 4 N–H and O–H groups in total. The van der Waals surface area contributed by atoms with Gasteiger partial charge in [-0.3, -0.25) is 4.79 Å². The summed E-state index contributed by atoms with van der Waals surface area (Å²) in [7, 11) is 0. The molecule has 0 aromatic rings. The first-order valence-electron chi connectivity index (χ1n) is 6.65. The third-order valence-corrected chi connectivity index (χ3v) is 2.87. The first-order valence-corrected chi connectivity index (χ1v) is 6.65. The highest BCUT2D eigenvalue weighted by Gasteiger charge is 2.24. The minimum absolute atomic E-state index is 0.241. The normalized spacial score (nSPS) is 14.3. The van der Waals surface area contributed by atoms with Crippen LogP contribution < -0.4 is 11.1 Å². The van der Waals surface area contributed by atoms with Crippen molar-refractivity contribution in [2.45, 2.75) is 52.5 Å². The molecule has 18 heavy (non-hydrogen) atoms. The molecule has 0 aromatic heterocycles. The van der Waals surface area contributed by atoms with Gasteiger partial charge in [-0.05, 0) is 18.8 Å². The Morgan fingerprint density at radius 1 is 1.33 bits per heavy atom. The van der Waals surface area contributed by atoms with Gasteiger partial charge in [0.15, 0.2) is 0 Å². The van der Waals surface area contributed by atoms with Gasteiger partial charge >= 0.3 is 5.97 Å². The summed E-state index contributed by atoms with van der Waals surface area (Å²) in [5.41, 5.74) is 5.57. The summed E-state index contributed by atoms with van der Waals surface area (Å²) in [5, 5.41) is 11.6. The van der Waals surface area contributed by atoms with Gasteiger partial charge in [-0.15, -0.1) is 0 Å². The van der Waals surface area contributed by atoms with Crippen molar-refractivity contribution in [2.75, 3.05) is 6.54 Å². The lowest BCUT2D eigenvalue weighted by atomic mass is 9.96. The van der Waals surface area contributed by atoms with Crippen LogP contribution in [0.4, 0.5) is 0 Å². The van der Waals surface area contributed by atoms with Gasteiger partial charge in [0.2, 0.25) is 5.91 Å². The van der Waals surface area contributed by atoms with E-state index in [2.05, 4.69) is 5.32 Å². The van der Waals surface area contributed by atoms with E-state index >= 15 is 0 Å². The molecule has 5 heteroatoms. The van der Waals surface area contributed by atoms with E-state index in [0.717, 1.165) is 12.8 Å². The van der Waals surface area contributed by atoms with Gasteiger partial charge < -0.3 is 16.2 Å². The van der Waals surface area contributed by atoms with Gasteiger partial charge in [0, 0.05) is 6.54 Å². The van der Waals surface area contributed by atoms with E-state index in [4.69, 9.17) is 10.8 Å². The molecule has 0 radical (unpaired) electrons. The van der Waals surface area contributed by atoms with Crippen molar-refractivity contribution in [1.29, 1.82) is 0 Å². The largest absolute Gasteiger partial charge is 0.480 e. The van der Waals surface area contributed by atoms with Crippen molar-refractivity contribution in [3.63, 3.8) is 0 Å². The molecule has 1 unspecified atom stereocenters. The lowest BCUT2D eigenvalue weighted by Gasteiger charge is -2.20. The quantitative estimate of drug-likeness (QED) is 0.582. The number of carbonyl (C=O) groups is 2. The SMILES string of the molecule is CCCC[C@H](NC(=O)C(CN)CC(C)C)C(=O)O. The summed E-state index contributed by atoms with van der Waals surface area (Å²) in [4.78, 5) is 23.0. The minimum atomic E-state index is -0.975. The van der Waals surface area contributed by atoms with Crippen LogP contribution in [0.3, 0.4) is 0 Å². The minimum Gasteiger partial charge on any atom is -0.480 e. The maximum atomic E-state index is 11.9. The Hall–Kier alpha value is -1.10. The van der Waals surface area contributed by atoms with Crippen LogP contribution in [0, 0.1) is 11.8 Å². The van der Waals surface area contributed by atoms with Crippen LogP contribution in [0.15, 0.2) is 0 Å².